The number of carbonyl (C=O) groups is 2. The molecule has 4 heteroatoms. The van der Waals surface area contributed by atoms with Crippen LogP contribution in [0.25, 0.3) is 0 Å². The number of carbonyl (C=O) groups excluding carboxylic acids is 1. The maximum Gasteiger partial charge on any atom is 0.305 e. The molecule has 0 aromatic carbocycles. The number of rotatable bonds is 6. The maximum absolute atomic E-state index is 11.9. The Morgan fingerprint density at radius 1 is 1.44 bits per heavy atom. The molecule has 0 radical (unpaired) electrons. The summed E-state index contributed by atoms with van der Waals surface area (Å²) in [6, 6.07) is 0. The van der Waals surface area contributed by atoms with Crippen molar-refractivity contribution in [2.45, 2.75) is 33.1 Å². The minimum absolute atomic E-state index is 0.0233. The number of allylic oxidation sites excluding steroid dienone is 1. The number of aliphatic carboxylic acids is 1. The quantitative estimate of drug-likeness (QED) is 0.699. The predicted molar refractivity (Wildman–Crippen MR) is 61.0 cm³/mol. The number of carboxylic acid groups (broad SMARTS) is 1. The first kappa shape index (κ1) is 12.7. The molecule has 1 fully saturated rings. The molecule has 1 saturated carbocycles. The highest BCUT2D eigenvalue weighted by Gasteiger charge is 2.27. The van der Waals surface area contributed by atoms with Crippen molar-refractivity contribution in [3.05, 3.63) is 11.6 Å². The second kappa shape index (κ2) is 5.68. The van der Waals surface area contributed by atoms with Gasteiger partial charge in [-0.05, 0) is 32.6 Å². The van der Waals surface area contributed by atoms with E-state index in [0.717, 1.165) is 12.8 Å². The normalized spacial score (nSPS) is 16.0. The Bertz CT molecular complexity index is 305. The second-order valence-electron chi connectivity index (χ2n) is 4.31. The summed E-state index contributed by atoms with van der Waals surface area (Å²) in [5.41, 5.74) is 0.686. The molecule has 0 aromatic rings. The monoisotopic (exact) mass is 225 g/mol. The van der Waals surface area contributed by atoms with E-state index in [-0.39, 0.29) is 12.3 Å². The van der Waals surface area contributed by atoms with Gasteiger partial charge in [-0.15, -0.1) is 0 Å². The molecule has 1 amide bonds. The van der Waals surface area contributed by atoms with Crippen molar-refractivity contribution in [3.63, 3.8) is 0 Å². The van der Waals surface area contributed by atoms with Crippen LogP contribution in [0.3, 0.4) is 0 Å². The summed E-state index contributed by atoms with van der Waals surface area (Å²) in [4.78, 5) is 24.1. The SMILES string of the molecule is C/C=C(\C)C(=O)N(CCC(=O)O)CC1CC1. The van der Waals surface area contributed by atoms with E-state index in [9.17, 15) is 9.59 Å². The summed E-state index contributed by atoms with van der Waals surface area (Å²) in [5.74, 6) is -0.301. The Labute approximate surface area is 95.9 Å². The van der Waals surface area contributed by atoms with Crippen molar-refractivity contribution in [1.29, 1.82) is 0 Å². The number of nitrogens with zero attached hydrogens (tertiary/aromatic N) is 1. The van der Waals surface area contributed by atoms with Crippen LogP contribution in [0.5, 0.6) is 0 Å². The van der Waals surface area contributed by atoms with Gasteiger partial charge in [0, 0.05) is 18.7 Å². The van der Waals surface area contributed by atoms with E-state index in [0.29, 0.717) is 24.6 Å². The molecule has 0 atom stereocenters. The second-order valence-corrected chi connectivity index (χ2v) is 4.31. The molecule has 1 aliphatic rings. The molecular weight excluding hydrogens is 206 g/mol. The topological polar surface area (TPSA) is 57.6 Å². The lowest BCUT2D eigenvalue weighted by Crippen LogP contribution is -2.35. The van der Waals surface area contributed by atoms with Crippen LogP contribution in [0.2, 0.25) is 0 Å². The van der Waals surface area contributed by atoms with Gasteiger partial charge in [-0.1, -0.05) is 6.08 Å². The fraction of sp³-hybridized carbons (Fsp3) is 0.667. The fourth-order valence-electron chi connectivity index (χ4n) is 1.49. The van der Waals surface area contributed by atoms with Crippen LogP contribution in [-0.2, 0) is 9.59 Å². The van der Waals surface area contributed by atoms with E-state index in [1.165, 1.54) is 0 Å². The smallest absolute Gasteiger partial charge is 0.305 e. The molecule has 0 spiro atoms. The Morgan fingerprint density at radius 2 is 2.06 bits per heavy atom. The van der Waals surface area contributed by atoms with E-state index in [1.807, 2.05) is 6.92 Å². The van der Waals surface area contributed by atoms with Gasteiger partial charge in [0.05, 0.1) is 6.42 Å². The van der Waals surface area contributed by atoms with Crippen molar-refractivity contribution in [2.75, 3.05) is 13.1 Å². The lowest BCUT2D eigenvalue weighted by molar-refractivity contribution is -0.138. The molecule has 1 aliphatic carbocycles. The van der Waals surface area contributed by atoms with Gasteiger partial charge < -0.3 is 10.0 Å². The average Bonchev–Trinajstić information content (AvgIpc) is 3.05. The van der Waals surface area contributed by atoms with Crippen molar-refractivity contribution < 1.29 is 14.7 Å². The molecule has 16 heavy (non-hydrogen) atoms. The van der Waals surface area contributed by atoms with Crippen LogP contribution in [0, 0.1) is 5.92 Å². The lowest BCUT2D eigenvalue weighted by Gasteiger charge is -2.22. The molecule has 0 unspecified atom stereocenters. The van der Waals surface area contributed by atoms with Crippen LogP contribution in [0.4, 0.5) is 0 Å². The van der Waals surface area contributed by atoms with Crippen LogP contribution in [-0.4, -0.2) is 35.0 Å². The van der Waals surface area contributed by atoms with E-state index < -0.39 is 5.97 Å². The van der Waals surface area contributed by atoms with Gasteiger partial charge in [0.2, 0.25) is 5.91 Å². The first-order chi connectivity index (χ1) is 7.54. The first-order valence-corrected chi connectivity index (χ1v) is 5.68. The third-order valence-electron chi connectivity index (χ3n) is 2.83. The Balaban J connectivity index is 2.54. The molecule has 0 aliphatic heterocycles. The Morgan fingerprint density at radius 3 is 2.50 bits per heavy atom. The molecule has 1 rings (SSSR count). The highest BCUT2D eigenvalue weighted by atomic mass is 16.4. The molecule has 0 bridgehead atoms. The van der Waals surface area contributed by atoms with Gasteiger partial charge in [-0.2, -0.15) is 0 Å². The zero-order valence-corrected chi connectivity index (χ0v) is 9.90. The van der Waals surface area contributed by atoms with Gasteiger partial charge in [0.25, 0.3) is 0 Å². The van der Waals surface area contributed by atoms with Crippen molar-refractivity contribution >= 4 is 11.9 Å². The van der Waals surface area contributed by atoms with Gasteiger partial charge >= 0.3 is 5.97 Å². The van der Waals surface area contributed by atoms with Crippen LogP contribution < -0.4 is 0 Å². The molecule has 0 heterocycles. The van der Waals surface area contributed by atoms with Crippen molar-refractivity contribution in [3.8, 4) is 0 Å². The molecule has 0 saturated heterocycles. The maximum atomic E-state index is 11.9. The number of amides is 1. The van der Waals surface area contributed by atoms with Gasteiger partial charge in [-0.3, -0.25) is 9.59 Å². The summed E-state index contributed by atoms with van der Waals surface area (Å²) >= 11 is 0. The summed E-state index contributed by atoms with van der Waals surface area (Å²) in [5, 5.41) is 8.64. The third kappa shape index (κ3) is 4.04. The van der Waals surface area contributed by atoms with Gasteiger partial charge in [0.15, 0.2) is 0 Å². The van der Waals surface area contributed by atoms with E-state index in [1.54, 1.807) is 17.9 Å². The summed E-state index contributed by atoms with van der Waals surface area (Å²) < 4.78 is 0. The average molecular weight is 225 g/mol. The highest BCUT2D eigenvalue weighted by Crippen LogP contribution is 2.30. The molecule has 4 nitrogen and oxygen atoms in total. The van der Waals surface area contributed by atoms with Crippen LogP contribution in [0.1, 0.15) is 33.1 Å². The van der Waals surface area contributed by atoms with Gasteiger partial charge in [-0.25, -0.2) is 0 Å². The molecule has 1 N–H and O–H groups in total. The first-order valence-electron chi connectivity index (χ1n) is 5.68. The largest absolute Gasteiger partial charge is 0.481 e. The summed E-state index contributed by atoms with van der Waals surface area (Å²) in [6.07, 6.45) is 4.11. The minimum atomic E-state index is -0.855. The lowest BCUT2D eigenvalue weighted by atomic mass is 10.2. The minimum Gasteiger partial charge on any atom is -0.481 e. The van der Waals surface area contributed by atoms with Crippen molar-refractivity contribution in [2.24, 2.45) is 5.92 Å². The van der Waals surface area contributed by atoms with E-state index >= 15 is 0 Å². The molecule has 0 aromatic heterocycles. The zero-order valence-electron chi connectivity index (χ0n) is 9.90. The predicted octanol–water partition coefficient (Wildman–Crippen LogP) is 1.67. The van der Waals surface area contributed by atoms with Crippen LogP contribution >= 0.6 is 0 Å². The third-order valence-corrected chi connectivity index (χ3v) is 2.83. The molecule has 90 valence electrons. The summed E-state index contributed by atoms with van der Waals surface area (Å²) in [6.45, 7) is 4.61. The highest BCUT2D eigenvalue weighted by molar-refractivity contribution is 5.92. The number of hydrogen-bond donors (Lipinski definition) is 1. The Hall–Kier alpha value is -1.32. The van der Waals surface area contributed by atoms with Gasteiger partial charge in [0.1, 0.15) is 0 Å². The van der Waals surface area contributed by atoms with E-state index in [2.05, 4.69) is 0 Å². The van der Waals surface area contributed by atoms with Crippen LogP contribution in [0.15, 0.2) is 11.6 Å². The van der Waals surface area contributed by atoms with Crippen molar-refractivity contribution in [1.82, 2.24) is 4.90 Å². The Kier molecular flexibility index (Phi) is 4.52. The van der Waals surface area contributed by atoms with E-state index in [4.69, 9.17) is 5.11 Å². The number of hydrogen-bond acceptors (Lipinski definition) is 2. The summed E-state index contributed by atoms with van der Waals surface area (Å²) in [7, 11) is 0. The standard InChI is InChI=1S/C12H19NO3/c1-3-9(2)12(16)13(7-6-11(14)15)8-10-4-5-10/h3,10H,4-8H2,1-2H3,(H,14,15)/b9-3+. The molecular formula is C12H19NO3. The fourth-order valence-corrected chi connectivity index (χ4v) is 1.49. The zero-order chi connectivity index (χ0) is 12.1. The number of carboxylic acids is 1.